The zero-order valence-corrected chi connectivity index (χ0v) is 16.1. The Morgan fingerprint density at radius 3 is 2.30 bits per heavy atom. The largest absolute Gasteiger partial charge is 0.318 e. The molecule has 0 unspecified atom stereocenters. The van der Waals surface area contributed by atoms with Gasteiger partial charge in [-0.05, 0) is 5.38 Å². The van der Waals surface area contributed by atoms with Gasteiger partial charge in [0, 0.05) is 6.17 Å². The summed E-state index contributed by atoms with van der Waals surface area (Å²) in [5.74, 6) is 0. The van der Waals surface area contributed by atoms with Crippen molar-refractivity contribution in [2.45, 2.75) is 50.5 Å². The normalized spacial score (nSPS) is 13.1. The molecule has 0 aliphatic carbocycles. The predicted molar refractivity (Wildman–Crippen MR) is 92.7 cm³/mol. The SMILES string of the molecule is C[Si](C)(C)CSc1ncnc2c1ncn2C[Si](C)(C)C. The molecule has 0 saturated heterocycles. The molecular weight excluding hydrogens is 300 g/mol. The van der Waals surface area contributed by atoms with Gasteiger partial charge in [-0.3, -0.25) is 0 Å². The van der Waals surface area contributed by atoms with Gasteiger partial charge in [-0.25, -0.2) is 15.0 Å². The first-order valence-electron chi connectivity index (χ1n) is 6.94. The molecule has 0 spiro atoms. The third kappa shape index (κ3) is 4.16. The summed E-state index contributed by atoms with van der Waals surface area (Å²) in [7, 11) is -2.27. The van der Waals surface area contributed by atoms with E-state index in [0.717, 1.165) is 22.4 Å². The zero-order chi connectivity index (χ0) is 15.0. The molecule has 0 amide bonds. The molecule has 0 aromatic carbocycles. The van der Waals surface area contributed by atoms with E-state index in [2.05, 4.69) is 58.8 Å². The van der Waals surface area contributed by atoms with Gasteiger partial charge in [-0.15, -0.1) is 11.8 Å². The third-order valence-electron chi connectivity index (χ3n) is 2.65. The fourth-order valence-electron chi connectivity index (χ4n) is 1.88. The summed E-state index contributed by atoms with van der Waals surface area (Å²) in [5, 5.41) is 2.20. The first kappa shape index (κ1) is 15.7. The Morgan fingerprint density at radius 2 is 1.70 bits per heavy atom. The number of rotatable bonds is 5. The summed E-state index contributed by atoms with van der Waals surface area (Å²) in [4.78, 5) is 13.4. The average molecular weight is 325 g/mol. The van der Waals surface area contributed by atoms with Crippen molar-refractivity contribution in [3.05, 3.63) is 12.7 Å². The van der Waals surface area contributed by atoms with Crippen molar-refractivity contribution in [1.29, 1.82) is 0 Å². The van der Waals surface area contributed by atoms with Crippen LogP contribution in [0.2, 0.25) is 39.3 Å². The molecule has 2 heterocycles. The monoisotopic (exact) mass is 324 g/mol. The molecule has 7 heteroatoms. The van der Waals surface area contributed by atoms with Crippen molar-refractivity contribution < 1.29 is 0 Å². The highest BCUT2D eigenvalue weighted by Gasteiger charge is 2.19. The molecule has 0 saturated carbocycles. The topological polar surface area (TPSA) is 43.6 Å². The lowest BCUT2D eigenvalue weighted by Crippen LogP contribution is -2.27. The molecule has 4 nitrogen and oxygen atoms in total. The van der Waals surface area contributed by atoms with Gasteiger partial charge in [0.25, 0.3) is 0 Å². The Morgan fingerprint density at radius 1 is 1.00 bits per heavy atom. The molecule has 20 heavy (non-hydrogen) atoms. The van der Waals surface area contributed by atoms with Gasteiger partial charge in [0.15, 0.2) is 5.65 Å². The summed E-state index contributed by atoms with van der Waals surface area (Å²) in [6, 6.07) is 0. The standard InChI is InChI=1S/C13H24N4SSi2/c1-19(2,3)9-17-8-16-11-12(17)14-7-15-13(11)18-10-20(4,5)6/h7-8H,9-10H2,1-6H3. The second-order valence-corrected chi connectivity index (χ2v) is 20.0. The van der Waals surface area contributed by atoms with Crippen LogP contribution in [0, 0.1) is 0 Å². The number of thioether (sulfide) groups is 1. The molecule has 0 fully saturated rings. The van der Waals surface area contributed by atoms with E-state index in [9.17, 15) is 0 Å². The molecule has 2 rings (SSSR count). The van der Waals surface area contributed by atoms with E-state index >= 15 is 0 Å². The van der Waals surface area contributed by atoms with Gasteiger partial charge in [0.2, 0.25) is 0 Å². The van der Waals surface area contributed by atoms with Crippen LogP contribution in [0.25, 0.3) is 11.2 Å². The smallest absolute Gasteiger partial charge is 0.164 e. The Balaban J connectivity index is 2.30. The maximum absolute atomic E-state index is 4.56. The van der Waals surface area contributed by atoms with Crippen molar-refractivity contribution in [1.82, 2.24) is 19.5 Å². The second-order valence-electron chi connectivity index (χ2n) is 7.63. The average Bonchev–Trinajstić information content (AvgIpc) is 2.67. The minimum atomic E-state index is -1.18. The van der Waals surface area contributed by atoms with Gasteiger partial charge < -0.3 is 4.57 Å². The Kier molecular flexibility index (Phi) is 4.41. The lowest BCUT2D eigenvalue weighted by molar-refractivity contribution is 0.865. The summed E-state index contributed by atoms with van der Waals surface area (Å²) in [6.07, 6.45) is 4.66. The minimum absolute atomic E-state index is 0.967. The molecular formula is C13H24N4SSi2. The Hall–Kier alpha value is -0.666. The first-order valence-corrected chi connectivity index (χ1v) is 15.3. The quantitative estimate of drug-likeness (QED) is 0.478. The van der Waals surface area contributed by atoms with Crippen molar-refractivity contribution in [3.8, 4) is 0 Å². The van der Waals surface area contributed by atoms with E-state index in [1.807, 2.05) is 18.1 Å². The fourth-order valence-corrected chi connectivity index (χ4v) is 5.81. The van der Waals surface area contributed by atoms with E-state index in [0.29, 0.717) is 0 Å². The molecule has 0 N–H and O–H groups in total. The molecule has 110 valence electrons. The maximum atomic E-state index is 4.56. The van der Waals surface area contributed by atoms with E-state index in [1.54, 1.807) is 6.33 Å². The molecule has 2 aromatic rings. The van der Waals surface area contributed by atoms with E-state index < -0.39 is 16.1 Å². The van der Waals surface area contributed by atoms with Crippen LogP contribution in [0.15, 0.2) is 17.7 Å². The molecule has 2 aromatic heterocycles. The summed E-state index contributed by atoms with van der Waals surface area (Å²) in [5.41, 5.74) is 1.95. The molecule has 0 atom stereocenters. The summed E-state index contributed by atoms with van der Waals surface area (Å²) in [6.45, 7) is 14.2. The van der Waals surface area contributed by atoms with Crippen LogP contribution in [0.1, 0.15) is 0 Å². The van der Waals surface area contributed by atoms with Crippen LogP contribution in [0.4, 0.5) is 0 Å². The van der Waals surface area contributed by atoms with Crippen LogP contribution in [0.3, 0.4) is 0 Å². The number of imidazole rings is 1. The van der Waals surface area contributed by atoms with E-state index in [-0.39, 0.29) is 0 Å². The van der Waals surface area contributed by atoms with Gasteiger partial charge >= 0.3 is 0 Å². The highest BCUT2D eigenvalue weighted by Crippen LogP contribution is 2.26. The summed E-state index contributed by atoms with van der Waals surface area (Å²) >= 11 is 1.83. The number of fused-ring (bicyclic) bond motifs is 1. The highest BCUT2D eigenvalue weighted by atomic mass is 32.2. The minimum Gasteiger partial charge on any atom is -0.318 e. The maximum Gasteiger partial charge on any atom is 0.164 e. The molecule has 0 bridgehead atoms. The van der Waals surface area contributed by atoms with Crippen LogP contribution >= 0.6 is 11.8 Å². The third-order valence-corrected chi connectivity index (χ3v) is 8.56. The molecule has 0 aliphatic heterocycles. The highest BCUT2D eigenvalue weighted by molar-refractivity contribution is 8.01. The second kappa shape index (κ2) is 5.61. The van der Waals surface area contributed by atoms with Gasteiger partial charge in [0.05, 0.1) is 22.5 Å². The molecule has 0 aliphatic rings. The van der Waals surface area contributed by atoms with Crippen LogP contribution in [-0.2, 0) is 6.17 Å². The Bertz CT molecular complexity index is 598. The van der Waals surface area contributed by atoms with Crippen molar-refractivity contribution in [3.63, 3.8) is 0 Å². The summed E-state index contributed by atoms with van der Waals surface area (Å²) < 4.78 is 2.20. The van der Waals surface area contributed by atoms with E-state index in [4.69, 9.17) is 0 Å². The predicted octanol–water partition coefficient (Wildman–Crippen LogP) is 3.67. The van der Waals surface area contributed by atoms with Crippen LogP contribution in [-0.4, -0.2) is 41.0 Å². The van der Waals surface area contributed by atoms with Gasteiger partial charge in [0.1, 0.15) is 16.9 Å². The molecule has 0 radical (unpaired) electrons. The lowest BCUT2D eigenvalue weighted by Gasteiger charge is -2.16. The van der Waals surface area contributed by atoms with Crippen molar-refractivity contribution in [2.75, 3.05) is 5.38 Å². The number of hydrogen-bond donors (Lipinski definition) is 0. The van der Waals surface area contributed by atoms with Gasteiger partial charge in [-0.2, -0.15) is 0 Å². The number of aromatic nitrogens is 4. The van der Waals surface area contributed by atoms with Gasteiger partial charge in [-0.1, -0.05) is 39.3 Å². The Labute approximate surface area is 127 Å². The zero-order valence-electron chi connectivity index (χ0n) is 13.3. The lowest BCUT2D eigenvalue weighted by atomic mass is 10.5. The number of nitrogens with zero attached hydrogens (tertiary/aromatic N) is 4. The van der Waals surface area contributed by atoms with Crippen molar-refractivity contribution in [2.24, 2.45) is 0 Å². The van der Waals surface area contributed by atoms with Crippen LogP contribution < -0.4 is 0 Å². The first-order chi connectivity index (χ1) is 9.16. The van der Waals surface area contributed by atoms with Crippen molar-refractivity contribution >= 4 is 39.1 Å². The van der Waals surface area contributed by atoms with E-state index in [1.165, 1.54) is 5.38 Å². The fraction of sp³-hybridized carbons (Fsp3) is 0.615. The van der Waals surface area contributed by atoms with Crippen LogP contribution in [0.5, 0.6) is 0 Å². The number of hydrogen-bond acceptors (Lipinski definition) is 4.